The van der Waals surface area contributed by atoms with Crippen molar-refractivity contribution >= 4 is 10.0 Å². The van der Waals surface area contributed by atoms with Crippen LogP contribution in [0.25, 0.3) is 0 Å². The molecule has 0 saturated carbocycles. The number of aromatic nitrogens is 1. The molecule has 1 aromatic rings. The topological polar surface area (TPSA) is 96.0 Å². The summed E-state index contributed by atoms with van der Waals surface area (Å²) in [5.41, 5.74) is 0.336. The fourth-order valence-corrected chi connectivity index (χ4v) is 2.59. The van der Waals surface area contributed by atoms with Gasteiger partial charge in [-0.05, 0) is 13.3 Å². The maximum atomic E-state index is 11.7. The average Bonchev–Trinajstić information content (AvgIpc) is 2.62. The molecule has 0 amide bonds. The second kappa shape index (κ2) is 5.80. The molecule has 17 heavy (non-hydrogen) atoms. The van der Waals surface area contributed by atoms with Crippen molar-refractivity contribution in [2.45, 2.75) is 38.5 Å². The summed E-state index contributed by atoms with van der Waals surface area (Å²) in [7, 11) is -3.55. The predicted molar refractivity (Wildman–Crippen MR) is 61.3 cm³/mol. The molecule has 0 aliphatic rings. The van der Waals surface area contributed by atoms with Gasteiger partial charge in [0.05, 0.1) is 6.07 Å². The van der Waals surface area contributed by atoms with Crippen molar-refractivity contribution in [3.8, 4) is 6.07 Å². The lowest BCUT2D eigenvalue weighted by atomic mass is 10.2. The van der Waals surface area contributed by atoms with Crippen molar-refractivity contribution in [2.75, 3.05) is 0 Å². The molecule has 1 atom stereocenters. The van der Waals surface area contributed by atoms with Gasteiger partial charge in [-0.1, -0.05) is 18.5 Å². The summed E-state index contributed by atoms with van der Waals surface area (Å²) in [6.45, 7) is 3.57. The third-order valence-electron chi connectivity index (χ3n) is 2.07. The number of nitrogens with one attached hydrogen (secondary N) is 1. The first-order valence-corrected chi connectivity index (χ1v) is 6.94. The zero-order valence-electron chi connectivity index (χ0n) is 9.80. The Morgan fingerprint density at radius 2 is 2.35 bits per heavy atom. The minimum atomic E-state index is -3.55. The molecular formula is C10H15N3O3S. The highest BCUT2D eigenvalue weighted by Crippen LogP contribution is 2.07. The molecule has 1 heterocycles. The van der Waals surface area contributed by atoms with Crippen molar-refractivity contribution in [2.24, 2.45) is 0 Å². The van der Waals surface area contributed by atoms with E-state index in [0.29, 0.717) is 17.9 Å². The summed E-state index contributed by atoms with van der Waals surface area (Å²) >= 11 is 0. The van der Waals surface area contributed by atoms with Crippen LogP contribution in [0.2, 0.25) is 0 Å². The van der Waals surface area contributed by atoms with E-state index in [0.717, 1.165) is 6.42 Å². The van der Waals surface area contributed by atoms with Gasteiger partial charge in [0.25, 0.3) is 0 Å². The van der Waals surface area contributed by atoms with Crippen molar-refractivity contribution in [1.82, 2.24) is 9.88 Å². The molecule has 1 aromatic heterocycles. The third kappa shape index (κ3) is 4.54. The average molecular weight is 257 g/mol. The Balaban J connectivity index is 2.66. The Kier molecular flexibility index (Phi) is 4.66. The second-order valence-electron chi connectivity index (χ2n) is 3.78. The molecule has 1 unspecified atom stereocenters. The summed E-state index contributed by atoms with van der Waals surface area (Å²) in [6, 6.07) is 2.79. The number of nitriles is 1. The SMILES string of the molecule is CCCC(C#N)NS(=O)(=O)Cc1cc(C)on1. The number of aryl methyl sites for hydroxylation is 1. The van der Waals surface area contributed by atoms with E-state index in [-0.39, 0.29) is 5.75 Å². The van der Waals surface area contributed by atoms with Gasteiger partial charge in [-0.3, -0.25) is 0 Å². The van der Waals surface area contributed by atoms with E-state index >= 15 is 0 Å². The number of rotatable bonds is 6. The van der Waals surface area contributed by atoms with Crippen LogP contribution in [0.4, 0.5) is 0 Å². The summed E-state index contributed by atoms with van der Waals surface area (Å²) in [4.78, 5) is 0. The second-order valence-corrected chi connectivity index (χ2v) is 5.53. The molecule has 1 N–H and O–H groups in total. The molecule has 0 aromatic carbocycles. The predicted octanol–water partition coefficient (Wildman–Crippen LogP) is 1.09. The fourth-order valence-electron chi connectivity index (χ4n) is 1.38. The maximum Gasteiger partial charge on any atom is 0.218 e. The van der Waals surface area contributed by atoms with E-state index in [2.05, 4.69) is 9.88 Å². The van der Waals surface area contributed by atoms with Crippen LogP contribution >= 0.6 is 0 Å². The Labute approximate surface area is 101 Å². The third-order valence-corrected chi connectivity index (χ3v) is 3.39. The van der Waals surface area contributed by atoms with Gasteiger partial charge in [0, 0.05) is 6.07 Å². The summed E-state index contributed by atoms with van der Waals surface area (Å²) in [5.74, 6) is 0.285. The number of sulfonamides is 1. The minimum absolute atomic E-state index is 0.272. The van der Waals surface area contributed by atoms with E-state index in [9.17, 15) is 8.42 Å². The van der Waals surface area contributed by atoms with Crippen LogP contribution in [0.15, 0.2) is 10.6 Å². The van der Waals surface area contributed by atoms with Crippen LogP contribution < -0.4 is 4.72 Å². The Morgan fingerprint density at radius 3 is 2.82 bits per heavy atom. The molecule has 94 valence electrons. The van der Waals surface area contributed by atoms with Gasteiger partial charge >= 0.3 is 0 Å². The van der Waals surface area contributed by atoms with Gasteiger partial charge in [0.2, 0.25) is 10.0 Å². The molecule has 0 bridgehead atoms. The Bertz CT molecular complexity index is 501. The van der Waals surface area contributed by atoms with Crippen LogP contribution in [-0.4, -0.2) is 19.6 Å². The normalized spacial score (nSPS) is 13.2. The van der Waals surface area contributed by atoms with Crippen molar-refractivity contribution in [3.63, 3.8) is 0 Å². The summed E-state index contributed by atoms with van der Waals surface area (Å²) < 4.78 is 30.5. The van der Waals surface area contributed by atoms with Crippen LogP contribution in [0.3, 0.4) is 0 Å². The quantitative estimate of drug-likeness (QED) is 0.823. The van der Waals surface area contributed by atoms with Crippen molar-refractivity contribution in [3.05, 3.63) is 17.5 Å². The fraction of sp³-hybridized carbons (Fsp3) is 0.600. The zero-order valence-corrected chi connectivity index (χ0v) is 10.6. The van der Waals surface area contributed by atoms with Crippen LogP contribution in [0.1, 0.15) is 31.2 Å². The highest BCUT2D eigenvalue weighted by molar-refractivity contribution is 7.88. The maximum absolute atomic E-state index is 11.7. The molecule has 0 aliphatic heterocycles. The minimum Gasteiger partial charge on any atom is -0.361 e. The van der Waals surface area contributed by atoms with Gasteiger partial charge in [0.15, 0.2) is 0 Å². The Morgan fingerprint density at radius 1 is 1.65 bits per heavy atom. The monoisotopic (exact) mass is 257 g/mol. The highest BCUT2D eigenvalue weighted by atomic mass is 32.2. The first kappa shape index (κ1) is 13.7. The molecule has 6 nitrogen and oxygen atoms in total. The molecule has 0 aliphatic carbocycles. The van der Waals surface area contributed by atoms with E-state index in [1.807, 2.05) is 13.0 Å². The standard InChI is InChI=1S/C10H15N3O3S/c1-3-4-9(6-11)13-17(14,15)7-10-5-8(2)16-12-10/h5,9,13H,3-4,7H2,1-2H3. The molecule has 1 rings (SSSR count). The largest absolute Gasteiger partial charge is 0.361 e. The van der Waals surface area contributed by atoms with Gasteiger partial charge in [-0.2, -0.15) is 9.98 Å². The van der Waals surface area contributed by atoms with E-state index in [1.165, 1.54) is 0 Å². The van der Waals surface area contributed by atoms with E-state index < -0.39 is 16.1 Å². The highest BCUT2D eigenvalue weighted by Gasteiger charge is 2.19. The van der Waals surface area contributed by atoms with Gasteiger partial charge in [-0.15, -0.1) is 0 Å². The Hall–Kier alpha value is -1.39. The van der Waals surface area contributed by atoms with Gasteiger partial charge in [-0.25, -0.2) is 8.42 Å². The molecular weight excluding hydrogens is 242 g/mol. The number of hydrogen-bond acceptors (Lipinski definition) is 5. The summed E-state index contributed by atoms with van der Waals surface area (Å²) in [6.07, 6.45) is 1.23. The molecule has 7 heteroatoms. The van der Waals surface area contributed by atoms with Gasteiger partial charge in [0.1, 0.15) is 23.2 Å². The zero-order chi connectivity index (χ0) is 12.9. The number of hydrogen-bond donors (Lipinski definition) is 1. The van der Waals surface area contributed by atoms with E-state index in [1.54, 1.807) is 13.0 Å². The first-order chi connectivity index (χ1) is 7.96. The smallest absolute Gasteiger partial charge is 0.218 e. The molecule has 0 fully saturated rings. The molecule has 0 saturated heterocycles. The first-order valence-electron chi connectivity index (χ1n) is 5.28. The van der Waals surface area contributed by atoms with Crippen molar-refractivity contribution < 1.29 is 12.9 Å². The van der Waals surface area contributed by atoms with Gasteiger partial charge < -0.3 is 4.52 Å². The van der Waals surface area contributed by atoms with Crippen molar-refractivity contribution in [1.29, 1.82) is 5.26 Å². The molecule has 0 radical (unpaired) electrons. The van der Waals surface area contributed by atoms with E-state index in [4.69, 9.17) is 9.78 Å². The number of nitrogens with zero attached hydrogens (tertiary/aromatic N) is 2. The lowest BCUT2D eigenvalue weighted by Crippen LogP contribution is -2.34. The van der Waals surface area contributed by atoms with Crippen LogP contribution in [0.5, 0.6) is 0 Å². The van der Waals surface area contributed by atoms with Crippen LogP contribution in [0, 0.1) is 18.3 Å². The lowest BCUT2D eigenvalue weighted by Gasteiger charge is -2.09. The molecule has 0 spiro atoms. The lowest BCUT2D eigenvalue weighted by molar-refractivity contribution is 0.392. The summed E-state index contributed by atoms with van der Waals surface area (Å²) in [5, 5.41) is 12.4. The van der Waals surface area contributed by atoms with Crippen LogP contribution in [-0.2, 0) is 15.8 Å².